The van der Waals surface area contributed by atoms with Crippen LogP contribution in [0.25, 0.3) is 16.7 Å². The number of fused-ring (bicyclic) bond motifs is 1. The third-order valence-electron chi connectivity index (χ3n) is 5.05. The van der Waals surface area contributed by atoms with E-state index in [0.717, 1.165) is 25.3 Å². The molecule has 0 radical (unpaired) electrons. The van der Waals surface area contributed by atoms with Crippen LogP contribution in [0.3, 0.4) is 0 Å². The molecular formula is C19H24N6O. The van der Waals surface area contributed by atoms with Gasteiger partial charge in [-0.05, 0) is 44.0 Å². The third kappa shape index (κ3) is 3.35. The van der Waals surface area contributed by atoms with Crippen LogP contribution in [-0.2, 0) is 0 Å². The Hall–Kier alpha value is -2.67. The first kappa shape index (κ1) is 16.8. The number of hydrogen-bond donors (Lipinski definition) is 2. The molecule has 4 rings (SSSR count). The number of nitrogens with one attached hydrogen (secondary N) is 2. The van der Waals surface area contributed by atoms with E-state index >= 15 is 0 Å². The summed E-state index contributed by atoms with van der Waals surface area (Å²) in [6, 6.07) is 9.73. The zero-order valence-electron chi connectivity index (χ0n) is 15.0. The number of aromatic amines is 1. The summed E-state index contributed by atoms with van der Waals surface area (Å²) in [5, 5.41) is 8.16. The van der Waals surface area contributed by atoms with Gasteiger partial charge in [-0.25, -0.2) is 4.68 Å². The molecule has 1 aliphatic heterocycles. The number of likely N-dealkylation sites (tertiary alicyclic amines) is 1. The number of nitrogens with zero attached hydrogens (tertiary/aromatic N) is 4. The molecule has 1 aliphatic rings. The molecule has 0 bridgehead atoms. The molecule has 0 saturated carbocycles. The first-order chi connectivity index (χ1) is 12.7. The molecule has 7 nitrogen and oxygen atoms in total. The van der Waals surface area contributed by atoms with Gasteiger partial charge in [0.05, 0.1) is 11.9 Å². The lowest BCUT2D eigenvalue weighted by molar-refractivity contribution is 0.189. The molecule has 0 spiro atoms. The monoisotopic (exact) mass is 352 g/mol. The maximum Gasteiger partial charge on any atom is 0.263 e. The van der Waals surface area contributed by atoms with Crippen molar-refractivity contribution in [2.75, 3.05) is 31.5 Å². The Kier molecular flexibility index (Phi) is 4.71. The Balaban J connectivity index is 1.57. The molecule has 1 aromatic carbocycles. The fourth-order valence-corrected chi connectivity index (χ4v) is 3.61. The van der Waals surface area contributed by atoms with Crippen LogP contribution in [0.1, 0.15) is 19.8 Å². The van der Waals surface area contributed by atoms with Crippen LogP contribution in [0, 0.1) is 5.92 Å². The highest BCUT2D eigenvalue weighted by molar-refractivity contribution is 5.76. The second kappa shape index (κ2) is 7.29. The van der Waals surface area contributed by atoms with Crippen molar-refractivity contribution in [3.8, 4) is 5.69 Å². The number of H-pyrrole nitrogens is 1. The summed E-state index contributed by atoms with van der Waals surface area (Å²) in [4.78, 5) is 22.3. The predicted octanol–water partition coefficient (Wildman–Crippen LogP) is 2.25. The summed E-state index contributed by atoms with van der Waals surface area (Å²) in [7, 11) is 0. The van der Waals surface area contributed by atoms with E-state index in [-0.39, 0.29) is 5.56 Å². The van der Waals surface area contributed by atoms with Crippen LogP contribution < -0.4 is 10.9 Å². The van der Waals surface area contributed by atoms with Crippen molar-refractivity contribution in [2.45, 2.75) is 19.8 Å². The number of hydrogen-bond acceptors (Lipinski definition) is 5. The van der Waals surface area contributed by atoms with E-state index in [1.165, 1.54) is 19.4 Å². The Bertz CT molecular complexity index is 932. The predicted molar refractivity (Wildman–Crippen MR) is 103 cm³/mol. The van der Waals surface area contributed by atoms with Gasteiger partial charge in [-0.15, -0.1) is 0 Å². The molecule has 0 aliphatic carbocycles. The van der Waals surface area contributed by atoms with E-state index in [1.54, 1.807) is 10.9 Å². The highest BCUT2D eigenvalue weighted by Crippen LogP contribution is 2.18. The Morgan fingerprint density at radius 2 is 2.15 bits per heavy atom. The van der Waals surface area contributed by atoms with Gasteiger partial charge in [0.2, 0.25) is 5.95 Å². The highest BCUT2D eigenvalue weighted by atomic mass is 16.1. The van der Waals surface area contributed by atoms with Gasteiger partial charge in [-0.3, -0.25) is 9.78 Å². The quantitative estimate of drug-likeness (QED) is 0.736. The minimum Gasteiger partial charge on any atom is -0.355 e. The minimum absolute atomic E-state index is 0.168. The lowest BCUT2D eigenvalue weighted by Crippen LogP contribution is -2.38. The number of rotatable bonds is 5. The van der Waals surface area contributed by atoms with E-state index in [4.69, 9.17) is 0 Å². The smallest absolute Gasteiger partial charge is 0.263 e. The normalized spacial score (nSPS) is 18.3. The molecule has 3 heterocycles. The molecule has 136 valence electrons. The summed E-state index contributed by atoms with van der Waals surface area (Å²) in [5.41, 5.74) is 1.29. The van der Waals surface area contributed by atoms with E-state index in [1.807, 2.05) is 30.3 Å². The fraction of sp³-hybridized carbons (Fsp3) is 0.421. The fourth-order valence-electron chi connectivity index (χ4n) is 3.61. The molecule has 1 fully saturated rings. The van der Waals surface area contributed by atoms with Crippen molar-refractivity contribution in [2.24, 2.45) is 5.92 Å². The van der Waals surface area contributed by atoms with Crippen LogP contribution >= 0.6 is 0 Å². The Labute approximate surface area is 152 Å². The summed E-state index contributed by atoms with van der Waals surface area (Å²) < 4.78 is 1.70. The van der Waals surface area contributed by atoms with Gasteiger partial charge in [0, 0.05) is 13.1 Å². The second-order valence-electron chi connectivity index (χ2n) is 6.83. The van der Waals surface area contributed by atoms with Crippen LogP contribution in [0.4, 0.5) is 5.95 Å². The van der Waals surface area contributed by atoms with Gasteiger partial charge < -0.3 is 10.2 Å². The minimum atomic E-state index is -0.168. The van der Waals surface area contributed by atoms with Crippen LogP contribution in [0.5, 0.6) is 0 Å². The van der Waals surface area contributed by atoms with E-state index < -0.39 is 0 Å². The number of anilines is 1. The van der Waals surface area contributed by atoms with Crippen molar-refractivity contribution in [1.82, 2.24) is 24.6 Å². The number of piperidine rings is 1. The zero-order valence-corrected chi connectivity index (χ0v) is 15.0. The summed E-state index contributed by atoms with van der Waals surface area (Å²) in [5.74, 6) is 1.08. The van der Waals surface area contributed by atoms with Crippen molar-refractivity contribution in [3.05, 3.63) is 46.9 Å². The molecule has 2 aromatic heterocycles. The molecular weight excluding hydrogens is 328 g/mol. The van der Waals surface area contributed by atoms with Gasteiger partial charge in [0.25, 0.3) is 5.56 Å². The lowest BCUT2D eigenvalue weighted by Gasteiger charge is -2.31. The van der Waals surface area contributed by atoms with Crippen molar-refractivity contribution in [1.29, 1.82) is 0 Å². The highest BCUT2D eigenvalue weighted by Gasteiger charge is 2.19. The standard InChI is InChI=1S/C19H24N6O/c1-2-24-10-6-7-14(13-24)11-20-19-22-17-16(18(26)23-19)12-21-25(17)15-8-4-3-5-9-15/h3-5,8-9,12,14H,2,6-7,10-11,13H2,1H3,(H2,20,22,23,26)/t14-/m0/s1. The SMILES string of the molecule is CCN1CCC[C@@H](CNc2nc3c(cnn3-c3ccccc3)c(=O)[nH]2)C1. The Morgan fingerprint density at radius 3 is 2.96 bits per heavy atom. The van der Waals surface area contributed by atoms with E-state index in [2.05, 4.69) is 32.2 Å². The Morgan fingerprint density at radius 1 is 1.31 bits per heavy atom. The topological polar surface area (TPSA) is 78.8 Å². The van der Waals surface area contributed by atoms with Gasteiger partial charge in [0.1, 0.15) is 5.39 Å². The van der Waals surface area contributed by atoms with Gasteiger partial charge >= 0.3 is 0 Å². The largest absolute Gasteiger partial charge is 0.355 e. The average molecular weight is 352 g/mol. The first-order valence-corrected chi connectivity index (χ1v) is 9.24. The summed E-state index contributed by atoms with van der Waals surface area (Å²) in [6.07, 6.45) is 4.00. The molecule has 2 N–H and O–H groups in total. The maximum absolute atomic E-state index is 12.4. The summed E-state index contributed by atoms with van der Waals surface area (Å²) in [6.45, 7) is 6.38. The molecule has 7 heteroatoms. The van der Waals surface area contributed by atoms with Gasteiger partial charge in [-0.2, -0.15) is 10.1 Å². The van der Waals surface area contributed by atoms with Gasteiger partial charge in [-0.1, -0.05) is 25.1 Å². The van der Waals surface area contributed by atoms with Crippen molar-refractivity contribution < 1.29 is 0 Å². The zero-order chi connectivity index (χ0) is 17.9. The first-order valence-electron chi connectivity index (χ1n) is 9.24. The van der Waals surface area contributed by atoms with Gasteiger partial charge in [0.15, 0.2) is 5.65 Å². The van der Waals surface area contributed by atoms with Crippen LogP contribution in [-0.4, -0.2) is 50.8 Å². The molecule has 1 atom stereocenters. The van der Waals surface area contributed by atoms with Crippen molar-refractivity contribution in [3.63, 3.8) is 0 Å². The molecule has 1 saturated heterocycles. The third-order valence-corrected chi connectivity index (χ3v) is 5.05. The average Bonchev–Trinajstić information content (AvgIpc) is 3.12. The van der Waals surface area contributed by atoms with E-state index in [9.17, 15) is 4.79 Å². The molecule has 0 amide bonds. The van der Waals surface area contributed by atoms with Crippen LogP contribution in [0.15, 0.2) is 41.3 Å². The maximum atomic E-state index is 12.4. The van der Waals surface area contributed by atoms with Crippen LogP contribution in [0.2, 0.25) is 0 Å². The second-order valence-corrected chi connectivity index (χ2v) is 6.83. The molecule has 3 aromatic rings. The molecule has 0 unspecified atom stereocenters. The van der Waals surface area contributed by atoms with Crippen molar-refractivity contribution >= 4 is 17.0 Å². The number of para-hydroxylation sites is 1. The number of aromatic nitrogens is 4. The lowest BCUT2D eigenvalue weighted by atomic mass is 9.98. The molecule has 26 heavy (non-hydrogen) atoms. The summed E-state index contributed by atoms with van der Waals surface area (Å²) >= 11 is 0. The van der Waals surface area contributed by atoms with E-state index in [0.29, 0.717) is 22.9 Å². The number of benzene rings is 1.